The lowest BCUT2D eigenvalue weighted by Crippen LogP contribution is -2.39. The van der Waals surface area contributed by atoms with E-state index in [0.717, 1.165) is 38.8 Å². The van der Waals surface area contributed by atoms with Crippen molar-refractivity contribution in [1.82, 2.24) is 9.80 Å². The summed E-state index contributed by atoms with van der Waals surface area (Å²) >= 11 is 0. The first-order valence-corrected chi connectivity index (χ1v) is 6.83. The number of carbonyl (C=O) groups excluding carboxylic acids is 2. The minimum atomic E-state index is 0.0599. The molecular weight excluding hydrogens is 232 g/mol. The van der Waals surface area contributed by atoms with E-state index in [1.54, 1.807) is 4.90 Å². The molecule has 2 saturated heterocycles. The monoisotopic (exact) mass is 254 g/mol. The standard InChI is InChI=1S/C13H22N2O3/c1-11(15-10-18-9-13(15)17)6-8-14-7-4-2-3-5-12(14)16/h11H,2-10H2,1H3. The number of carbonyl (C=O) groups is 2. The molecule has 0 aromatic rings. The van der Waals surface area contributed by atoms with Gasteiger partial charge in [-0.05, 0) is 26.2 Å². The van der Waals surface area contributed by atoms with Gasteiger partial charge in [-0.1, -0.05) is 6.42 Å². The summed E-state index contributed by atoms with van der Waals surface area (Å²) in [5, 5.41) is 0. The minimum Gasteiger partial charge on any atom is -0.351 e. The molecule has 5 heteroatoms. The van der Waals surface area contributed by atoms with Gasteiger partial charge in [0.1, 0.15) is 13.3 Å². The van der Waals surface area contributed by atoms with E-state index in [1.165, 1.54) is 0 Å². The molecule has 0 radical (unpaired) electrons. The normalized spacial score (nSPS) is 23.4. The third-order valence-electron chi connectivity index (χ3n) is 3.80. The Morgan fingerprint density at radius 3 is 2.78 bits per heavy atom. The molecule has 1 atom stereocenters. The molecule has 2 heterocycles. The molecule has 2 amide bonds. The Hall–Kier alpha value is -1.10. The number of rotatable bonds is 4. The predicted octanol–water partition coefficient (Wildman–Crippen LogP) is 0.984. The summed E-state index contributed by atoms with van der Waals surface area (Å²) in [7, 11) is 0. The maximum Gasteiger partial charge on any atom is 0.250 e. The predicted molar refractivity (Wildman–Crippen MR) is 66.8 cm³/mol. The smallest absolute Gasteiger partial charge is 0.250 e. The molecule has 0 saturated carbocycles. The maximum absolute atomic E-state index is 11.8. The fraction of sp³-hybridized carbons (Fsp3) is 0.846. The van der Waals surface area contributed by atoms with Crippen LogP contribution in [0.15, 0.2) is 0 Å². The largest absolute Gasteiger partial charge is 0.351 e. The molecule has 0 bridgehead atoms. The molecule has 5 nitrogen and oxygen atoms in total. The van der Waals surface area contributed by atoms with Crippen molar-refractivity contribution in [2.45, 2.75) is 45.1 Å². The number of nitrogens with zero attached hydrogens (tertiary/aromatic N) is 2. The summed E-state index contributed by atoms with van der Waals surface area (Å²) in [6, 6.07) is 0.149. The van der Waals surface area contributed by atoms with Gasteiger partial charge in [0.05, 0.1) is 0 Å². The van der Waals surface area contributed by atoms with Crippen LogP contribution in [0.4, 0.5) is 0 Å². The van der Waals surface area contributed by atoms with Crippen molar-refractivity contribution in [1.29, 1.82) is 0 Å². The van der Waals surface area contributed by atoms with Crippen molar-refractivity contribution >= 4 is 11.8 Å². The minimum absolute atomic E-state index is 0.0599. The lowest BCUT2D eigenvalue weighted by molar-refractivity contribution is -0.131. The van der Waals surface area contributed by atoms with E-state index >= 15 is 0 Å². The second-order valence-electron chi connectivity index (χ2n) is 5.17. The van der Waals surface area contributed by atoms with Crippen LogP contribution in [-0.4, -0.2) is 54.1 Å². The maximum atomic E-state index is 11.8. The highest BCUT2D eigenvalue weighted by atomic mass is 16.5. The van der Waals surface area contributed by atoms with E-state index in [9.17, 15) is 9.59 Å². The zero-order valence-electron chi connectivity index (χ0n) is 11.1. The zero-order valence-corrected chi connectivity index (χ0v) is 11.1. The molecule has 0 N–H and O–H groups in total. The van der Waals surface area contributed by atoms with E-state index in [2.05, 4.69) is 0 Å². The van der Waals surface area contributed by atoms with Gasteiger partial charge in [0.25, 0.3) is 5.91 Å². The summed E-state index contributed by atoms with van der Waals surface area (Å²) in [5.74, 6) is 0.327. The van der Waals surface area contributed by atoms with Gasteiger partial charge in [-0.15, -0.1) is 0 Å². The molecule has 0 aromatic heterocycles. The second kappa shape index (κ2) is 6.18. The first kappa shape index (κ1) is 13.3. The van der Waals surface area contributed by atoms with Crippen LogP contribution < -0.4 is 0 Å². The van der Waals surface area contributed by atoms with E-state index in [-0.39, 0.29) is 24.5 Å². The van der Waals surface area contributed by atoms with Gasteiger partial charge < -0.3 is 14.5 Å². The molecule has 0 aliphatic carbocycles. The van der Waals surface area contributed by atoms with Crippen LogP contribution >= 0.6 is 0 Å². The van der Waals surface area contributed by atoms with Crippen molar-refractivity contribution in [3.05, 3.63) is 0 Å². The second-order valence-corrected chi connectivity index (χ2v) is 5.17. The quantitative estimate of drug-likeness (QED) is 0.751. The number of likely N-dealkylation sites (tertiary alicyclic amines) is 1. The molecule has 1 unspecified atom stereocenters. The van der Waals surface area contributed by atoms with Crippen LogP contribution in [0, 0.1) is 0 Å². The summed E-state index contributed by atoms with van der Waals surface area (Å²) < 4.78 is 5.12. The Morgan fingerprint density at radius 2 is 2.06 bits per heavy atom. The van der Waals surface area contributed by atoms with Gasteiger partial charge in [-0.25, -0.2) is 0 Å². The molecule has 2 rings (SSSR count). The zero-order chi connectivity index (χ0) is 13.0. The molecule has 0 aromatic carbocycles. The number of amides is 2. The lowest BCUT2D eigenvalue weighted by Gasteiger charge is -2.26. The van der Waals surface area contributed by atoms with Crippen molar-refractivity contribution in [3.8, 4) is 0 Å². The molecule has 2 fully saturated rings. The Labute approximate surface area is 108 Å². The molecular formula is C13H22N2O3. The summed E-state index contributed by atoms with van der Waals surface area (Å²) in [6.07, 6.45) is 4.78. The highest BCUT2D eigenvalue weighted by Gasteiger charge is 2.26. The van der Waals surface area contributed by atoms with Gasteiger partial charge >= 0.3 is 0 Å². The SMILES string of the molecule is CC(CCN1CCCCCC1=O)N1COCC1=O. The fourth-order valence-corrected chi connectivity index (χ4v) is 2.53. The van der Waals surface area contributed by atoms with Gasteiger partial charge in [0.2, 0.25) is 5.91 Å². The summed E-state index contributed by atoms with van der Waals surface area (Å²) in [4.78, 5) is 27.0. The van der Waals surface area contributed by atoms with Crippen molar-refractivity contribution in [2.24, 2.45) is 0 Å². The van der Waals surface area contributed by atoms with Crippen LogP contribution in [0.25, 0.3) is 0 Å². The van der Waals surface area contributed by atoms with Crippen LogP contribution in [0.2, 0.25) is 0 Å². The van der Waals surface area contributed by atoms with Crippen molar-refractivity contribution < 1.29 is 14.3 Å². The molecule has 2 aliphatic heterocycles. The Kier molecular flexibility index (Phi) is 4.58. The third kappa shape index (κ3) is 3.22. The Balaban J connectivity index is 1.79. The highest BCUT2D eigenvalue weighted by molar-refractivity contribution is 5.79. The van der Waals surface area contributed by atoms with Crippen molar-refractivity contribution in [3.63, 3.8) is 0 Å². The van der Waals surface area contributed by atoms with Crippen LogP contribution in [0.1, 0.15) is 39.0 Å². The first-order valence-electron chi connectivity index (χ1n) is 6.83. The van der Waals surface area contributed by atoms with Gasteiger partial charge in [-0.2, -0.15) is 0 Å². The Morgan fingerprint density at radius 1 is 1.22 bits per heavy atom. The fourth-order valence-electron chi connectivity index (χ4n) is 2.53. The summed E-state index contributed by atoms with van der Waals surface area (Å²) in [5.41, 5.74) is 0. The van der Waals surface area contributed by atoms with E-state index in [1.807, 2.05) is 11.8 Å². The van der Waals surface area contributed by atoms with E-state index in [4.69, 9.17) is 4.74 Å². The van der Waals surface area contributed by atoms with E-state index < -0.39 is 0 Å². The average Bonchev–Trinajstić information content (AvgIpc) is 2.67. The summed E-state index contributed by atoms with van der Waals surface area (Å²) in [6.45, 7) is 4.25. The van der Waals surface area contributed by atoms with Crippen LogP contribution in [-0.2, 0) is 14.3 Å². The topological polar surface area (TPSA) is 49.9 Å². The number of ether oxygens (including phenoxy) is 1. The Bertz CT molecular complexity index is 319. The molecule has 2 aliphatic rings. The lowest BCUT2D eigenvalue weighted by atomic mass is 10.2. The van der Waals surface area contributed by atoms with Crippen LogP contribution in [0.5, 0.6) is 0 Å². The average molecular weight is 254 g/mol. The molecule has 0 spiro atoms. The van der Waals surface area contributed by atoms with Gasteiger partial charge in [-0.3, -0.25) is 9.59 Å². The third-order valence-corrected chi connectivity index (χ3v) is 3.80. The van der Waals surface area contributed by atoms with E-state index in [0.29, 0.717) is 13.2 Å². The molecule has 18 heavy (non-hydrogen) atoms. The van der Waals surface area contributed by atoms with Crippen molar-refractivity contribution in [2.75, 3.05) is 26.4 Å². The number of hydrogen-bond acceptors (Lipinski definition) is 3. The molecule has 102 valence electrons. The van der Waals surface area contributed by atoms with Gasteiger partial charge in [0, 0.05) is 25.6 Å². The highest BCUT2D eigenvalue weighted by Crippen LogP contribution is 2.14. The van der Waals surface area contributed by atoms with Gasteiger partial charge in [0.15, 0.2) is 0 Å². The van der Waals surface area contributed by atoms with Crippen LogP contribution in [0.3, 0.4) is 0 Å². The first-order chi connectivity index (χ1) is 8.68. The number of hydrogen-bond donors (Lipinski definition) is 0.